The second kappa shape index (κ2) is 8.39. The van der Waals surface area contributed by atoms with E-state index in [1.807, 2.05) is 55.5 Å². The van der Waals surface area contributed by atoms with Gasteiger partial charge in [0.25, 0.3) is 5.56 Å². The zero-order chi connectivity index (χ0) is 21.1. The average Bonchev–Trinajstić information content (AvgIpc) is 2.76. The summed E-state index contributed by atoms with van der Waals surface area (Å²) in [5.74, 6) is 1.16. The van der Waals surface area contributed by atoms with Gasteiger partial charge in [-0.25, -0.2) is 4.98 Å². The molecule has 1 N–H and O–H groups in total. The number of pyridine rings is 1. The number of rotatable bonds is 5. The number of nitrogens with one attached hydrogen (secondary N) is 1. The molecule has 0 bridgehead atoms. The summed E-state index contributed by atoms with van der Waals surface area (Å²) < 4.78 is 6.70. The topological polar surface area (TPSA) is 68.0 Å². The second-order valence-electron chi connectivity index (χ2n) is 6.65. The highest BCUT2D eigenvalue weighted by molar-refractivity contribution is 6.30. The lowest BCUT2D eigenvalue weighted by Crippen LogP contribution is -2.22. The van der Waals surface area contributed by atoms with Gasteiger partial charge in [0.2, 0.25) is 0 Å². The lowest BCUT2D eigenvalue weighted by atomic mass is 10.2. The maximum atomic E-state index is 13.2. The lowest BCUT2D eigenvalue weighted by Gasteiger charge is -2.12. The van der Waals surface area contributed by atoms with Gasteiger partial charge >= 0.3 is 0 Å². The summed E-state index contributed by atoms with van der Waals surface area (Å²) in [6.45, 7) is 1.92. The number of ether oxygens (including phenoxy) is 1. The Balaban J connectivity index is 1.82. The molecule has 0 aliphatic carbocycles. The Morgan fingerprint density at radius 1 is 1.10 bits per heavy atom. The van der Waals surface area contributed by atoms with E-state index in [1.165, 1.54) is 10.6 Å². The van der Waals surface area contributed by atoms with Crippen molar-refractivity contribution in [2.45, 2.75) is 6.92 Å². The van der Waals surface area contributed by atoms with Crippen molar-refractivity contribution in [1.82, 2.24) is 9.38 Å². The largest absolute Gasteiger partial charge is 0.497 e. The Labute approximate surface area is 178 Å². The van der Waals surface area contributed by atoms with Crippen molar-refractivity contribution in [3.05, 3.63) is 93.4 Å². The molecule has 0 aliphatic rings. The predicted octanol–water partition coefficient (Wildman–Crippen LogP) is 5.16. The fourth-order valence-corrected chi connectivity index (χ4v) is 3.13. The van der Waals surface area contributed by atoms with E-state index in [-0.39, 0.29) is 5.56 Å². The molecule has 30 heavy (non-hydrogen) atoms. The zero-order valence-corrected chi connectivity index (χ0v) is 17.2. The van der Waals surface area contributed by atoms with Crippen LogP contribution in [0.15, 0.2) is 76.6 Å². The van der Waals surface area contributed by atoms with Gasteiger partial charge in [-0.1, -0.05) is 17.7 Å². The van der Waals surface area contributed by atoms with E-state index in [0.29, 0.717) is 27.7 Å². The van der Waals surface area contributed by atoms with Crippen LogP contribution in [-0.4, -0.2) is 22.7 Å². The SMILES string of the molecule is COc1ccc(N=Cc2c(Nc3ccc(Cl)cc3)nc3c(C)cccn3c2=O)cc1. The first-order chi connectivity index (χ1) is 14.5. The van der Waals surface area contributed by atoms with Crippen LogP contribution in [0.4, 0.5) is 17.2 Å². The van der Waals surface area contributed by atoms with Crippen molar-refractivity contribution < 1.29 is 4.74 Å². The van der Waals surface area contributed by atoms with E-state index < -0.39 is 0 Å². The number of nitrogens with zero attached hydrogens (tertiary/aromatic N) is 3. The molecule has 0 spiro atoms. The van der Waals surface area contributed by atoms with Crippen molar-refractivity contribution in [2.75, 3.05) is 12.4 Å². The first kappa shape index (κ1) is 19.7. The number of hydrogen-bond donors (Lipinski definition) is 1. The van der Waals surface area contributed by atoms with Crippen molar-refractivity contribution in [3.8, 4) is 5.75 Å². The van der Waals surface area contributed by atoms with Crippen LogP contribution >= 0.6 is 11.6 Å². The molecular formula is C23H19ClN4O2. The third-order valence-corrected chi connectivity index (χ3v) is 4.86. The van der Waals surface area contributed by atoms with E-state index >= 15 is 0 Å². The fourth-order valence-electron chi connectivity index (χ4n) is 3.00. The maximum Gasteiger partial charge on any atom is 0.268 e. The first-order valence-electron chi connectivity index (χ1n) is 9.28. The molecule has 0 radical (unpaired) electrons. The summed E-state index contributed by atoms with van der Waals surface area (Å²) in [5.41, 5.74) is 3.08. The predicted molar refractivity (Wildman–Crippen MR) is 121 cm³/mol. The normalized spacial score (nSPS) is 11.2. The molecule has 2 aromatic heterocycles. The van der Waals surface area contributed by atoms with Crippen LogP contribution in [0.1, 0.15) is 11.1 Å². The minimum Gasteiger partial charge on any atom is -0.497 e. The molecule has 0 saturated heterocycles. The third-order valence-electron chi connectivity index (χ3n) is 4.61. The third kappa shape index (κ3) is 4.04. The maximum absolute atomic E-state index is 13.2. The summed E-state index contributed by atoms with van der Waals surface area (Å²) >= 11 is 5.98. The summed E-state index contributed by atoms with van der Waals surface area (Å²) in [5, 5.41) is 3.85. The van der Waals surface area contributed by atoms with Gasteiger partial charge in [-0.3, -0.25) is 14.2 Å². The smallest absolute Gasteiger partial charge is 0.268 e. The molecule has 0 atom stereocenters. The molecule has 0 aliphatic heterocycles. The Morgan fingerprint density at radius 2 is 1.83 bits per heavy atom. The monoisotopic (exact) mass is 418 g/mol. The summed E-state index contributed by atoms with van der Waals surface area (Å²) in [7, 11) is 1.61. The highest BCUT2D eigenvalue weighted by Crippen LogP contribution is 2.21. The molecule has 2 aromatic carbocycles. The summed E-state index contributed by atoms with van der Waals surface area (Å²) in [6.07, 6.45) is 3.23. The van der Waals surface area contributed by atoms with Crippen molar-refractivity contribution in [2.24, 2.45) is 4.99 Å². The van der Waals surface area contributed by atoms with E-state index in [1.54, 1.807) is 25.4 Å². The molecule has 7 heteroatoms. The minimum atomic E-state index is -0.211. The number of halogens is 1. The average molecular weight is 419 g/mol. The molecule has 0 fully saturated rings. The number of hydrogen-bond acceptors (Lipinski definition) is 5. The van der Waals surface area contributed by atoms with Crippen LogP contribution < -0.4 is 15.6 Å². The highest BCUT2D eigenvalue weighted by atomic mass is 35.5. The van der Waals surface area contributed by atoms with Crippen LogP contribution in [0, 0.1) is 6.92 Å². The summed E-state index contributed by atoms with van der Waals surface area (Å²) in [6, 6.07) is 18.2. The Morgan fingerprint density at radius 3 is 2.53 bits per heavy atom. The number of aliphatic imine (C=N–C) groups is 1. The van der Waals surface area contributed by atoms with Crippen LogP contribution in [0.3, 0.4) is 0 Å². The molecule has 2 heterocycles. The lowest BCUT2D eigenvalue weighted by molar-refractivity contribution is 0.415. The molecule has 6 nitrogen and oxygen atoms in total. The molecule has 4 rings (SSSR count). The quantitative estimate of drug-likeness (QED) is 0.454. The van der Waals surface area contributed by atoms with Crippen molar-refractivity contribution in [1.29, 1.82) is 0 Å². The van der Waals surface area contributed by atoms with Gasteiger partial charge in [-0.05, 0) is 67.1 Å². The standard InChI is InChI=1S/C23H19ClN4O2/c1-15-4-3-13-28-22(15)27-21(26-18-7-5-16(24)6-8-18)20(23(28)29)14-25-17-9-11-19(30-2)12-10-17/h3-14,26H,1-2H3. The minimum absolute atomic E-state index is 0.211. The van der Waals surface area contributed by atoms with Crippen LogP contribution in [0.5, 0.6) is 5.75 Å². The van der Waals surface area contributed by atoms with E-state index in [0.717, 1.165) is 17.0 Å². The van der Waals surface area contributed by atoms with Crippen LogP contribution in [0.2, 0.25) is 5.02 Å². The number of fused-ring (bicyclic) bond motifs is 1. The van der Waals surface area contributed by atoms with Gasteiger partial charge in [0.05, 0.1) is 12.8 Å². The molecule has 0 unspecified atom stereocenters. The number of aryl methyl sites for hydroxylation is 1. The molecule has 0 amide bonds. The number of methoxy groups -OCH3 is 1. The first-order valence-corrected chi connectivity index (χ1v) is 9.65. The van der Waals surface area contributed by atoms with Gasteiger partial charge < -0.3 is 10.1 Å². The molecule has 150 valence electrons. The van der Waals surface area contributed by atoms with Gasteiger partial charge in [-0.15, -0.1) is 0 Å². The van der Waals surface area contributed by atoms with Crippen LogP contribution in [0.25, 0.3) is 5.65 Å². The molecule has 4 aromatic rings. The van der Waals surface area contributed by atoms with Gasteiger partial charge in [-0.2, -0.15) is 0 Å². The summed E-state index contributed by atoms with van der Waals surface area (Å²) in [4.78, 5) is 22.4. The number of benzene rings is 2. The Bertz CT molecular complexity index is 1280. The van der Waals surface area contributed by atoms with Gasteiger partial charge in [0.15, 0.2) is 0 Å². The van der Waals surface area contributed by atoms with Gasteiger partial charge in [0.1, 0.15) is 22.8 Å². The van der Waals surface area contributed by atoms with E-state index in [9.17, 15) is 4.79 Å². The number of aromatic nitrogens is 2. The van der Waals surface area contributed by atoms with Crippen LogP contribution in [-0.2, 0) is 0 Å². The fraction of sp³-hybridized carbons (Fsp3) is 0.0870. The van der Waals surface area contributed by atoms with E-state index in [2.05, 4.69) is 10.3 Å². The Hall–Kier alpha value is -3.64. The Kier molecular flexibility index (Phi) is 5.50. The highest BCUT2D eigenvalue weighted by Gasteiger charge is 2.13. The molecular weight excluding hydrogens is 400 g/mol. The zero-order valence-electron chi connectivity index (χ0n) is 16.5. The number of anilines is 2. The van der Waals surface area contributed by atoms with Crippen molar-refractivity contribution in [3.63, 3.8) is 0 Å². The molecule has 0 saturated carbocycles. The van der Waals surface area contributed by atoms with E-state index in [4.69, 9.17) is 21.3 Å². The van der Waals surface area contributed by atoms with Gasteiger partial charge in [0, 0.05) is 23.1 Å². The second-order valence-corrected chi connectivity index (χ2v) is 7.09. The van der Waals surface area contributed by atoms with Crippen molar-refractivity contribution >= 4 is 40.7 Å².